The summed E-state index contributed by atoms with van der Waals surface area (Å²) in [6, 6.07) is 2.44. The number of cyclic esters (lactones) is 1. The molecule has 0 bridgehead atoms. The third kappa shape index (κ3) is 4.59. The van der Waals surface area contributed by atoms with Crippen molar-refractivity contribution in [3.63, 3.8) is 0 Å². The van der Waals surface area contributed by atoms with Crippen molar-refractivity contribution in [3.05, 3.63) is 41.5 Å². The summed E-state index contributed by atoms with van der Waals surface area (Å²) in [6.07, 6.45) is 5.18. The van der Waals surface area contributed by atoms with Gasteiger partial charge in [0.05, 0.1) is 12.2 Å². The standard InChI is InChI=1S/C18H22O6/c1-11-5-4-8-15(21)14(20)7-3-2-6-12-9-13(19)10-16(22)17(12)18(23)24-11/h2,4,6,8-11,14-15,19-22H,3,5,7H2,1H3/b6-2+,8-4+. The van der Waals surface area contributed by atoms with E-state index in [-0.39, 0.29) is 17.1 Å². The highest BCUT2D eigenvalue weighted by Crippen LogP contribution is 2.29. The Hall–Kier alpha value is -2.31. The van der Waals surface area contributed by atoms with Crippen molar-refractivity contribution in [2.75, 3.05) is 0 Å². The number of carbonyl (C=O) groups excluding carboxylic acids is 1. The number of phenols is 2. The van der Waals surface area contributed by atoms with Crippen LogP contribution in [-0.4, -0.2) is 44.7 Å². The van der Waals surface area contributed by atoms with Crippen molar-refractivity contribution < 1.29 is 30.0 Å². The molecule has 0 saturated carbocycles. The summed E-state index contributed by atoms with van der Waals surface area (Å²) in [5.74, 6) is -1.22. The normalized spacial score (nSPS) is 28.3. The van der Waals surface area contributed by atoms with Crippen LogP contribution in [0, 0.1) is 0 Å². The van der Waals surface area contributed by atoms with E-state index >= 15 is 0 Å². The van der Waals surface area contributed by atoms with Gasteiger partial charge in [-0.3, -0.25) is 0 Å². The second-order valence-electron chi connectivity index (χ2n) is 5.85. The van der Waals surface area contributed by atoms with E-state index in [1.807, 2.05) is 0 Å². The minimum atomic E-state index is -0.982. The minimum absolute atomic E-state index is 0.0162. The maximum absolute atomic E-state index is 12.3. The van der Waals surface area contributed by atoms with E-state index in [9.17, 15) is 25.2 Å². The third-order valence-electron chi connectivity index (χ3n) is 3.77. The van der Waals surface area contributed by atoms with E-state index in [4.69, 9.17) is 4.74 Å². The molecular formula is C18H22O6. The van der Waals surface area contributed by atoms with Crippen molar-refractivity contribution in [1.29, 1.82) is 0 Å². The maximum atomic E-state index is 12.3. The number of allylic oxidation sites excluding steroid dienone is 1. The number of aliphatic hydroxyl groups excluding tert-OH is 2. The predicted molar refractivity (Wildman–Crippen MR) is 88.7 cm³/mol. The molecule has 6 nitrogen and oxygen atoms in total. The van der Waals surface area contributed by atoms with Crippen molar-refractivity contribution in [1.82, 2.24) is 0 Å². The molecule has 1 aromatic carbocycles. The molecular weight excluding hydrogens is 312 g/mol. The van der Waals surface area contributed by atoms with Crippen molar-refractivity contribution in [3.8, 4) is 11.5 Å². The van der Waals surface area contributed by atoms with E-state index in [0.29, 0.717) is 24.8 Å². The molecule has 2 rings (SSSR count). The number of hydrogen-bond donors (Lipinski definition) is 4. The van der Waals surface area contributed by atoms with Crippen LogP contribution in [0.5, 0.6) is 11.5 Å². The Morgan fingerprint density at radius 2 is 1.92 bits per heavy atom. The molecule has 0 saturated heterocycles. The van der Waals surface area contributed by atoms with Gasteiger partial charge < -0.3 is 25.2 Å². The number of rotatable bonds is 0. The summed E-state index contributed by atoms with van der Waals surface area (Å²) in [5, 5.41) is 39.3. The molecule has 3 unspecified atom stereocenters. The Kier molecular flexibility index (Phi) is 6.00. The average Bonchev–Trinajstić information content (AvgIpc) is 2.49. The number of phenolic OH excluding ortho intramolecular Hbond substituents is 2. The first-order valence-corrected chi connectivity index (χ1v) is 7.84. The number of fused-ring (bicyclic) bond motifs is 1. The van der Waals surface area contributed by atoms with Gasteiger partial charge >= 0.3 is 5.97 Å². The zero-order valence-corrected chi connectivity index (χ0v) is 13.4. The molecule has 1 aliphatic heterocycles. The van der Waals surface area contributed by atoms with Crippen LogP contribution < -0.4 is 0 Å². The molecule has 1 heterocycles. The lowest BCUT2D eigenvalue weighted by Crippen LogP contribution is -2.23. The number of benzene rings is 1. The largest absolute Gasteiger partial charge is 0.508 e. The average molecular weight is 334 g/mol. The molecule has 1 aliphatic rings. The number of esters is 1. The zero-order chi connectivity index (χ0) is 17.7. The quantitative estimate of drug-likeness (QED) is 0.428. The van der Waals surface area contributed by atoms with Crippen LogP contribution in [0.2, 0.25) is 0 Å². The summed E-state index contributed by atoms with van der Waals surface area (Å²) < 4.78 is 5.29. The van der Waals surface area contributed by atoms with E-state index in [1.165, 1.54) is 12.1 Å². The molecule has 1 aromatic rings. The fourth-order valence-corrected chi connectivity index (χ4v) is 2.46. The number of hydrogen-bond acceptors (Lipinski definition) is 6. The molecule has 130 valence electrons. The minimum Gasteiger partial charge on any atom is -0.508 e. The number of ether oxygens (including phenoxy) is 1. The van der Waals surface area contributed by atoms with Crippen LogP contribution in [0.15, 0.2) is 30.4 Å². The van der Waals surface area contributed by atoms with Gasteiger partial charge in [-0.15, -0.1) is 0 Å². The molecule has 6 heteroatoms. The molecule has 0 spiro atoms. The summed E-state index contributed by atoms with van der Waals surface area (Å²) in [6.45, 7) is 1.68. The van der Waals surface area contributed by atoms with Crippen molar-refractivity contribution in [2.45, 2.75) is 44.5 Å². The van der Waals surface area contributed by atoms with Crippen LogP contribution in [0.25, 0.3) is 6.08 Å². The van der Waals surface area contributed by atoms with Crippen LogP contribution in [0.1, 0.15) is 42.1 Å². The van der Waals surface area contributed by atoms with Crippen LogP contribution in [-0.2, 0) is 4.74 Å². The van der Waals surface area contributed by atoms with Gasteiger partial charge in [-0.2, -0.15) is 0 Å². The van der Waals surface area contributed by atoms with E-state index in [0.717, 1.165) is 6.07 Å². The number of carbonyl (C=O) groups is 1. The van der Waals surface area contributed by atoms with Gasteiger partial charge in [0.1, 0.15) is 23.2 Å². The van der Waals surface area contributed by atoms with E-state index < -0.39 is 24.3 Å². The number of aliphatic hydroxyl groups is 2. The summed E-state index contributed by atoms with van der Waals surface area (Å²) in [5.41, 5.74) is 0.310. The first-order valence-electron chi connectivity index (χ1n) is 7.84. The molecule has 0 aliphatic carbocycles. The van der Waals surface area contributed by atoms with Crippen molar-refractivity contribution in [2.24, 2.45) is 0 Å². The highest BCUT2D eigenvalue weighted by molar-refractivity contribution is 5.97. The van der Waals surface area contributed by atoms with Crippen molar-refractivity contribution >= 4 is 12.0 Å². The van der Waals surface area contributed by atoms with Gasteiger partial charge in [0, 0.05) is 12.5 Å². The lowest BCUT2D eigenvalue weighted by molar-refractivity contribution is 0.0337. The van der Waals surface area contributed by atoms with Crippen LogP contribution in [0.4, 0.5) is 0 Å². The topological polar surface area (TPSA) is 107 Å². The second-order valence-corrected chi connectivity index (χ2v) is 5.85. The van der Waals surface area contributed by atoms with Gasteiger partial charge in [-0.1, -0.05) is 24.3 Å². The maximum Gasteiger partial charge on any atom is 0.342 e. The predicted octanol–water partition coefficient (Wildman–Crippen LogP) is 2.12. The molecule has 3 atom stereocenters. The second kappa shape index (κ2) is 7.99. The molecule has 24 heavy (non-hydrogen) atoms. The highest BCUT2D eigenvalue weighted by Gasteiger charge is 2.20. The zero-order valence-electron chi connectivity index (χ0n) is 13.4. The van der Waals surface area contributed by atoms with Gasteiger partial charge in [0.2, 0.25) is 0 Å². The fourth-order valence-electron chi connectivity index (χ4n) is 2.46. The SMILES string of the molecule is CC1C/C=C/C(O)C(O)CC/C=C/c2cc(O)cc(O)c2C(=O)O1. The van der Waals surface area contributed by atoms with Gasteiger partial charge in [0.15, 0.2) is 0 Å². The smallest absolute Gasteiger partial charge is 0.342 e. The molecule has 0 fully saturated rings. The third-order valence-corrected chi connectivity index (χ3v) is 3.77. The molecule has 4 N–H and O–H groups in total. The first-order chi connectivity index (χ1) is 11.4. The summed E-state index contributed by atoms with van der Waals surface area (Å²) in [7, 11) is 0. The molecule has 0 radical (unpaired) electrons. The first kappa shape index (κ1) is 18.0. The Bertz CT molecular complexity index is 649. The van der Waals surface area contributed by atoms with Gasteiger partial charge in [-0.05, 0) is 31.4 Å². The molecule has 0 amide bonds. The van der Waals surface area contributed by atoms with E-state index in [2.05, 4.69) is 0 Å². The molecule has 0 aromatic heterocycles. The Morgan fingerprint density at radius 1 is 1.17 bits per heavy atom. The van der Waals surface area contributed by atoms with Gasteiger partial charge in [0.25, 0.3) is 0 Å². The fraction of sp³-hybridized carbons (Fsp3) is 0.389. The summed E-state index contributed by atoms with van der Waals surface area (Å²) in [4.78, 5) is 12.3. The lowest BCUT2D eigenvalue weighted by Gasteiger charge is -2.16. The monoisotopic (exact) mass is 334 g/mol. The number of aromatic hydroxyl groups is 2. The lowest BCUT2D eigenvalue weighted by atomic mass is 10.0. The Morgan fingerprint density at radius 3 is 2.67 bits per heavy atom. The Balaban J connectivity index is 2.36. The highest BCUT2D eigenvalue weighted by atomic mass is 16.5. The van der Waals surface area contributed by atoms with E-state index in [1.54, 1.807) is 25.2 Å². The van der Waals surface area contributed by atoms with Crippen LogP contribution in [0.3, 0.4) is 0 Å². The Labute approximate surface area is 140 Å². The van der Waals surface area contributed by atoms with Crippen LogP contribution >= 0.6 is 0 Å². The summed E-state index contributed by atoms with van der Waals surface area (Å²) >= 11 is 0. The van der Waals surface area contributed by atoms with Gasteiger partial charge in [-0.25, -0.2) is 4.79 Å².